The van der Waals surface area contributed by atoms with Crippen molar-refractivity contribution < 1.29 is 22.8 Å². The van der Waals surface area contributed by atoms with Gasteiger partial charge in [0, 0.05) is 33.0 Å². The SMILES string of the molecule is C=CCCCCO.C=CCCCCO[Si](OCCCCC=C)(OCCCCC=C)OCCCCC=C. The topological polar surface area (TPSA) is 57.2 Å². The van der Waals surface area contributed by atoms with Crippen molar-refractivity contribution in [3.63, 3.8) is 0 Å². The maximum atomic E-state index is 8.26. The smallest absolute Gasteiger partial charge is 0.396 e. The third-order valence-corrected chi connectivity index (χ3v) is 7.37. The van der Waals surface area contributed by atoms with Gasteiger partial charge in [-0.3, -0.25) is 0 Å². The first-order valence-corrected chi connectivity index (χ1v) is 15.5. The molecule has 0 saturated carbocycles. The van der Waals surface area contributed by atoms with E-state index in [2.05, 4.69) is 32.9 Å². The first-order valence-electron chi connectivity index (χ1n) is 13.9. The van der Waals surface area contributed by atoms with Crippen molar-refractivity contribution in [3.05, 3.63) is 63.3 Å². The van der Waals surface area contributed by atoms with Gasteiger partial charge in [0.05, 0.1) is 0 Å². The van der Waals surface area contributed by atoms with E-state index in [0.29, 0.717) is 33.0 Å². The lowest BCUT2D eigenvalue weighted by molar-refractivity contribution is -0.0372. The Hall–Kier alpha value is -1.28. The van der Waals surface area contributed by atoms with E-state index in [1.807, 2.05) is 30.4 Å². The highest BCUT2D eigenvalue weighted by molar-refractivity contribution is 6.53. The van der Waals surface area contributed by atoms with E-state index >= 15 is 0 Å². The summed E-state index contributed by atoms with van der Waals surface area (Å²) < 4.78 is 24.7. The number of aliphatic hydroxyl groups is 1. The molecule has 0 rings (SSSR count). The lowest BCUT2D eigenvalue weighted by Gasteiger charge is -2.28. The van der Waals surface area contributed by atoms with Gasteiger partial charge in [0.1, 0.15) is 0 Å². The zero-order chi connectivity index (χ0) is 27.0. The van der Waals surface area contributed by atoms with Crippen LogP contribution in [-0.2, 0) is 17.7 Å². The molecule has 0 radical (unpaired) electrons. The van der Waals surface area contributed by atoms with Gasteiger partial charge >= 0.3 is 9.05 Å². The van der Waals surface area contributed by atoms with Crippen LogP contribution in [0, 0.1) is 0 Å². The van der Waals surface area contributed by atoms with Gasteiger partial charge in [-0.25, -0.2) is 0 Å². The van der Waals surface area contributed by atoms with Gasteiger partial charge in [-0.05, 0) is 96.3 Å². The van der Waals surface area contributed by atoms with Gasteiger partial charge < -0.3 is 22.8 Å². The van der Waals surface area contributed by atoms with E-state index in [-0.39, 0.29) is 0 Å². The Morgan fingerprint density at radius 2 is 0.667 bits per heavy atom. The van der Waals surface area contributed by atoms with E-state index < -0.39 is 9.05 Å². The molecule has 0 saturated heterocycles. The summed E-state index contributed by atoms with van der Waals surface area (Å²) in [5.74, 6) is 0. The van der Waals surface area contributed by atoms with E-state index in [1.54, 1.807) is 0 Å². The fraction of sp³-hybridized carbons (Fsp3) is 0.667. The van der Waals surface area contributed by atoms with E-state index in [9.17, 15) is 0 Å². The third kappa shape index (κ3) is 27.3. The molecule has 1 N–H and O–H groups in total. The second-order valence-electron chi connectivity index (χ2n) is 8.54. The molecule has 0 fully saturated rings. The average Bonchev–Trinajstić information content (AvgIpc) is 2.89. The summed E-state index contributed by atoms with van der Waals surface area (Å²) >= 11 is 0. The fourth-order valence-electron chi connectivity index (χ4n) is 3.00. The van der Waals surface area contributed by atoms with Gasteiger partial charge in [0.2, 0.25) is 0 Å². The molecule has 0 aromatic carbocycles. The molecule has 0 amide bonds. The molecule has 0 spiro atoms. The van der Waals surface area contributed by atoms with Crippen molar-refractivity contribution in [1.29, 1.82) is 0 Å². The zero-order valence-corrected chi connectivity index (χ0v) is 24.1. The molecule has 0 aliphatic carbocycles. The summed E-state index contributed by atoms with van der Waals surface area (Å²) in [6, 6.07) is 0. The minimum Gasteiger partial charge on any atom is -0.396 e. The highest BCUT2D eigenvalue weighted by Crippen LogP contribution is 2.17. The van der Waals surface area contributed by atoms with Crippen LogP contribution < -0.4 is 0 Å². The highest BCUT2D eigenvalue weighted by atomic mass is 28.4. The summed E-state index contributed by atoms with van der Waals surface area (Å²) in [5, 5.41) is 8.26. The molecule has 6 heteroatoms. The Bertz CT molecular complexity index is 432. The third-order valence-electron chi connectivity index (χ3n) is 5.14. The fourth-order valence-corrected chi connectivity index (χ4v) is 5.08. The average molecular weight is 525 g/mol. The molecule has 0 atom stereocenters. The van der Waals surface area contributed by atoms with Crippen molar-refractivity contribution in [2.45, 2.75) is 96.3 Å². The Labute approximate surface area is 224 Å². The number of hydrogen-bond donors (Lipinski definition) is 1. The zero-order valence-electron chi connectivity index (χ0n) is 23.1. The predicted molar refractivity (Wildman–Crippen MR) is 157 cm³/mol. The lowest BCUT2D eigenvalue weighted by atomic mass is 10.2. The Kier molecular flexibility index (Phi) is 32.5. The minimum absolute atomic E-state index is 0.313. The lowest BCUT2D eigenvalue weighted by Crippen LogP contribution is -2.50. The molecular formula is C30H56O5Si. The molecule has 210 valence electrons. The van der Waals surface area contributed by atoms with Crippen LogP contribution in [0.4, 0.5) is 0 Å². The molecule has 0 aromatic heterocycles. The van der Waals surface area contributed by atoms with E-state index in [1.165, 1.54) is 0 Å². The molecule has 0 heterocycles. The Balaban J connectivity index is 0. The second kappa shape index (κ2) is 31.7. The van der Waals surface area contributed by atoms with Crippen LogP contribution in [0.2, 0.25) is 0 Å². The molecule has 36 heavy (non-hydrogen) atoms. The number of rotatable bonds is 28. The first-order chi connectivity index (χ1) is 17.7. The largest absolute Gasteiger partial charge is 0.679 e. The van der Waals surface area contributed by atoms with Crippen molar-refractivity contribution in [2.75, 3.05) is 33.0 Å². The van der Waals surface area contributed by atoms with Crippen molar-refractivity contribution in [3.8, 4) is 0 Å². The van der Waals surface area contributed by atoms with Crippen molar-refractivity contribution >= 4 is 9.05 Å². The first kappa shape index (κ1) is 36.9. The summed E-state index contributed by atoms with van der Waals surface area (Å²) in [6.45, 7) is 21.3. The summed E-state index contributed by atoms with van der Waals surface area (Å²) in [7, 11) is -3.14. The summed E-state index contributed by atoms with van der Waals surface area (Å²) in [6.07, 6.45) is 24.6. The van der Waals surface area contributed by atoms with E-state index in [0.717, 1.165) is 96.3 Å². The Morgan fingerprint density at radius 1 is 0.417 bits per heavy atom. The van der Waals surface area contributed by atoms with Crippen LogP contribution >= 0.6 is 0 Å². The van der Waals surface area contributed by atoms with Crippen molar-refractivity contribution in [2.24, 2.45) is 0 Å². The van der Waals surface area contributed by atoms with Crippen LogP contribution in [0.1, 0.15) is 96.3 Å². The number of unbranched alkanes of at least 4 members (excludes halogenated alkanes) is 10. The van der Waals surface area contributed by atoms with Gasteiger partial charge in [-0.1, -0.05) is 30.4 Å². The molecule has 0 unspecified atom stereocenters. The van der Waals surface area contributed by atoms with Crippen molar-refractivity contribution in [1.82, 2.24) is 0 Å². The second-order valence-corrected chi connectivity index (χ2v) is 10.7. The van der Waals surface area contributed by atoms with E-state index in [4.69, 9.17) is 22.8 Å². The summed E-state index contributed by atoms with van der Waals surface area (Å²) in [5.41, 5.74) is 0. The monoisotopic (exact) mass is 524 g/mol. The summed E-state index contributed by atoms with van der Waals surface area (Å²) in [4.78, 5) is 0. The van der Waals surface area contributed by atoms with Crippen LogP contribution in [0.3, 0.4) is 0 Å². The number of allylic oxidation sites excluding steroid dienone is 5. The maximum Gasteiger partial charge on any atom is 0.679 e. The number of aliphatic hydroxyl groups excluding tert-OH is 1. The minimum atomic E-state index is -3.14. The molecule has 0 aromatic rings. The molecule has 0 aliphatic heterocycles. The van der Waals surface area contributed by atoms with Crippen LogP contribution in [-0.4, -0.2) is 47.2 Å². The highest BCUT2D eigenvalue weighted by Gasteiger charge is 2.45. The van der Waals surface area contributed by atoms with Crippen LogP contribution in [0.5, 0.6) is 0 Å². The molecular weight excluding hydrogens is 468 g/mol. The van der Waals surface area contributed by atoms with Crippen LogP contribution in [0.25, 0.3) is 0 Å². The van der Waals surface area contributed by atoms with Crippen LogP contribution in [0.15, 0.2) is 63.3 Å². The molecule has 0 bridgehead atoms. The maximum absolute atomic E-state index is 8.26. The predicted octanol–water partition coefficient (Wildman–Crippen LogP) is 8.25. The quantitative estimate of drug-likeness (QED) is 0.0634. The molecule has 0 aliphatic rings. The standard InChI is InChI=1S/C24H44O4Si.C6H12O/c1-5-9-13-17-21-25-29(26-22-18-14-10-6-2,27-23-19-15-11-7-3)28-24-20-16-12-8-4;1-2-3-4-5-6-7/h5-8H,1-4,9-24H2;2,7H,1,3-6H2. The van der Waals surface area contributed by atoms with Gasteiger partial charge in [0.15, 0.2) is 0 Å². The Morgan fingerprint density at radius 3 is 0.889 bits per heavy atom. The number of hydrogen-bond acceptors (Lipinski definition) is 5. The molecule has 5 nitrogen and oxygen atoms in total. The normalized spacial score (nSPS) is 10.8. The van der Waals surface area contributed by atoms with Gasteiger partial charge in [-0.15, -0.1) is 32.9 Å². The van der Waals surface area contributed by atoms with Gasteiger partial charge in [-0.2, -0.15) is 0 Å². The van der Waals surface area contributed by atoms with Gasteiger partial charge in [0.25, 0.3) is 0 Å².